The van der Waals surface area contributed by atoms with Crippen molar-refractivity contribution < 1.29 is 13.9 Å². The van der Waals surface area contributed by atoms with Gasteiger partial charge in [-0.1, -0.05) is 11.6 Å². The minimum Gasteiger partial charge on any atom is -0.376 e. The fraction of sp³-hybridized carbons (Fsp3) is 0.353. The second-order valence-corrected chi connectivity index (χ2v) is 5.81. The Morgan fingerprint density at radius 1 is 1.46 bits per heavy atom. The minimum absolute atomic E-state index is 0.00352. The van der Waals surface area contributed by atoms with E-state index in [-0.39, 0.29) is 23.1 Å². The number of rotatable bonds is 4. The third-order valence-corrected chi connectivity index (χ3v) is 3.90. The average molecular weight is 331 g/mol. The summed E-state index contributed by atoms with van der Waals surface area (Å²) >= 11 is 0. The number of hydrogen-bond acceptors (Lipinski definition) is 4. The number of amides is 1. The summed E-state index contributed by atoms with van der Waals surface area (Å²) in [6.45, 7) is 2.88. The molecule has 24 heavy (non-hydrogen) atoms. The highest BCUT2D eigenvalue weighted by atomic mass is 19.1. The number of halogens is 1. The quantitative estimate of drug-likeness (QED) is 0.895. The van der Waals surface area contributed by atoms with Gasteiger partial charge in [0.1, 0.15) is 11.5 Å². The van der Waals surface area contributed by atoms with Gasteiger partial charge in [0, 0.05) is 18.7 Å². The Kier molecular flexibility index (Phi) is 4.71. The van der Waals surface area contributed by atoms with Crippen LogP contribution < -0.4 is 11.0 Å². The lowest BCUT2D eigenvalue weighted by Crippen LogP contribution is -2.33. The molecule has 3 rings (SSSR count). The van der Waals surface area contributed by atoms with Crippen LogP contribution in [0.1, 0.15) is 28.9 Å². The highest BCUT2D eigenvalue weighted by molar-refractivity contribution is 5.93. The molecule has 1 aliphatic rings. The number of hydrogen-bond donors (Lipinski definition) is 2. The van der Waals surface area contributed by atoms with Gasteiger partial charge in [0.05, 0.1) is 11.8 Å². The highest BCUT2D eigenvalue weighted by Crippen LogP contribution is 2.21. The first-order valence-electron chi connectivity index (χ1n) is 7.80. The molecule has 0 radical (unpaired) electrons. The molecule has 7 heteroatoms. The lowest BCUT2D eigenvalue weighted by atomic mass is 10.1. The molecule has 1 atom stereocenters. The van der Waals surface area contributed by atoms with E-state index in [1.807, 2.05) is 6.92 Å². The van der Waals surface area contributed by atoms with E-state index < -0.39 is 17.4 Å². The molecule has 0 bridgehead atoms. The van der Waals surface area contributed by atoms with Crippen LogP contribution in [0.25, 0.3) is 11.3 Å². The standard InChI is InChI=1S/C17H18FN3O3/c1-10-4-5-13(18)12(7-10)14-8-15(21-17(23)20-14)16(22)19-9-11-3-2-6-24-11/h4-5,7-8,11H,2-3,6,9H2,1H3,(H,19,22)(H,20,21,23). The molecule has 0 saturated carbocycles. The van der Waals surface area contributed by atoms with Crippen molar-refractivity contribution >= 4 is 5.91 Å². The number of aryl methyl sites for hydroxylation is 1. The number of aromatic nitrogens is 2. The van der Waals surface area contributed by atoms with Gasteiger partial charge < -0.3 is 15.0 Å². The van der Waals surface area contributed by atoms with Crippen LogP contribution in [0.15, 0.2) is 29.1 Å². The van der Waals surface area contributed by atoms with Crippen molar-refractivity contribution in [1.82, 2.24) is 15.3 Å². The fourth-order valence-electron chi connectivity index (χ4n) is 2.66. The summed E-state index contributed by atoms with van der Waals surface area (Å²) in [4.78, 5) is 30.1. The van der Waals surface area contributed by atoms with E-state index in [4.69, 9.17) is 4.74 Å². The Hall–Kier alpha value is -2.54. The molecule has 2 N–H and O–H groups in total. The summed E-state index contributed by atoms with van der Waals surface area (Å²) in [5.41, 5.74) is 0.494. The summed E-state index contributed by atoms with van der Waals surface area (Å²) in [6, 6.07) is 5.90. The monoisotopic (exact) mass is 331 g/mol. The van der Waals surface area contributed by atoms with Crippen LogP contribution in [0.4, 0.5) is 4.39 Å². The number of ether oxygens (including phenoxy) is 1. The van der Waals surface area contributed by atoms with Crippen LogP contribution in [0.2, 0.25) is 0 Å². The van der Waals surface area contributed by atoms with Crippen LogP contribution in [0.3, 0.4) is 0 Å². The molecule has 1 unspecified atom stereocenters. The summed E-state index contributed by atoms with van der Waals surface area (Å²) in [6.07, 6.45) is 1.87. The van der Waals surface area contributed by atoms with Gasteiger partial charge in [-0.2, -0.15) is 4.98 Å². The third kappa shape index (κ3) is 3.68. The Bertz CT molecular complexity index is 813. The molecule has 126 valence electrons. The number of nitrogens with zero attached hydrogens (tertiary/aromatic N) is 1. The van der Waals surface area contributed by atoms with Crippen LogP contribution in [0, 0.1) is 12.7 Å². The third-order valence-electron chi connectivity index (χ3n) is 3.90. The van der Waals surface area contributed by atoms with Crippen LogP contribution in [-0.2, 0) is 4.74 Å². The zero-order valence-corrected chi connectivity index (χ0v) is 13.3. The Balaban J connectivity index is 1.84. The van der Waals surface area contributed by atoms with Crippen molar-refractivity contribution in [3.05, 3.63) is 51.8 Å². The van der Waals surface area contributed by atoms with Gasteiger partial charge in [-0.3, -0.25) is 4.79 Å². The first kappa shape index (κ1) is 16.3. The van der Waals surface area contributed by atoms with Crippen molar-refractivity contribution in [3.63, 3.8) is 0 Å². The molecule has 1 aromatic carbocycles. The van der Waals surface area contributed by atoms with E-state index in [0.29, 0.717) is 13.2 Å². The SMILES string of the molecule is Cc1ccc(F)c(-c2cc(C(=O)NCC3CCCO3)[nH]c(=O)n2)c1. The lowest BCUT2D eigenvalue weighted by Gasteiger charge is -2.11. The predicted molar refractivity (Wildman–Crippen MR) is 86.3 cm³/mol. The minimum atomic E-state index is -0.698. The second-order valence-electron chi connectivity index (χ2n) is 5.81. The molecular formula is C17H18FN3O3. The van der Waals surface area contributed by atoms with Gasteiger partial charge in [-0.15, -0.1) is 0 Å². The van der Waals surface area contributed by atoms with E-state index in [9.17, 15) is 14.0 Å². The molecule has 6 nitrogen and oxygen atoms in total. The van der Waals surface area contributed by atoms with Gasteiger partial charge >= 0.3 is 5.69 Å². The number of carbonyl (C=O) groups is 1. The number of carbonyl (C=O) groups excluding carboxylic acids is 1. The normalized spacial score (nSPS) is 17.0. The van der Waals surface area contributed by atoms with Gasteiger partial charge in [0.25, 0.3) is 5.91 Å². The van der Waals surface area contributed by atoms with Gasteiger partial charge in [-0.05, 0) is 38.0 Å². The van der Waals surface area contributed by atoms with Crippen molar-refractivity contribution in [2.45, 2.75) is 25.9 Å². The van der Waals surface area contributed by atoms with E-state index in [0.717, 1.165) is 18.4 Å². The summed E-state index contributed by atoms with van der Waals surface area (Å²) in [7, 11) is 0. The first-order chi connectivity index (χ1) is 11.5. The molecule has 0 spiro atoms. The maximum atomic E-state index is 14.0. The molecular weight excluding hydrogens is 313 g/mol. The molecule has 1 aliphatic heterocycles. The Morgan fingerprint density at radius 3 is 3.04 bits per heavy atom. The largest absolute Gasteiger partial charge is 0.376 e. The average Bonchev–Trinajstić information content (AvgIpc) is 3.07. The summed E-state index contributed by atoms with van der Waals surface area (Å²) in [5, 5.41) is 2.72. The van der Waals surface area contributed by atoms with Crippen LogP contribution in [0.5, 0.6) is 0 Å². The van der Waals surface area contributed by atoms with Crippen molar-refractivity contribution in [2.24, 2.45) is 0 Å². The highest BCUT2D eigenvalue weighted by Gasteiger charge is 2.18. The van der Waals surface area contributed by atoms with Gasteiger partial charge in [0.2, 0.25) is 0 Å². The lowest BCUT2D eigenvalue weighted by molar-refractivity contribution is 0.0853. The topological polar surface area (TPSA) is 84.1 Å². The number of benzene rings is 1. The molecule has 2 aromatic rings. The maximum absolute atomic E-state index is 14.0. The summed E-state index contributed by atoms with van der Waals surface area (Å²) in [5.74, 6) is -0.941. The molecule has 1 aromatic heterocycles. The van der Waals surface area contributed by atoms with E-state index >= 15 is 0 Å². The molecule has 1 saturated heterocycles. The smallest absolute Gasteiger partial charge is 0.346 e. The molecule has 1 fully saturated rings. The number of H-pyrrole nitrogens is 1. The first-order valence-corrected chi connectivity index (χ1v) is 7.80. The second kappa shape index (κ2) is 6.92. The van der Waals surface area contributed by atoms with Crippen LogP contribution in [-0.4, -0.2) is 35.1 Å². The predicted octanol–water partition coefficient (Wildman–Crippen LogP) is 1.79. The van der Waals surface area contributed by atoms with Crippen molar-refractivity contribution in [1.29, 1.82) is 0 Å². The zero-order valence-electron chi connectivity index (χ0n) is 13.3. The molecule has 1 amide bonds. The zero-order chi connectivity index (χ0) is 17.1. The van der Waals surface area contributed by atoms with E-state index in [2.05, 4.69) is 15.3 Å². The Morgan fingerprint density at radius 2 is 2.29 bits per heavy atom. The van der Waals surface area contributed by atoms with Crippen LogP contribution >= 0.6 is 0 Å². The van der Waals surface area contributed by atoms with Gasteiger partial charge in [0.15, 0.2) is 0 Å². The maximum Gasteiger partial charge on any atom is 0.346 e. The van der Waals surface area contributed by atoms with Gasteiger partial charge in [-0.25, -0.2) is 9.18 Å². The molecule has 0 aliphatic carbocycles. The van der Waals surface area contributed by atoms with Crippen molar-refractivity contribution in [3.8, 4) is 11.3 Å². The van der Waals surface area contributed by atoms with E-state index in [1.54, 1.807) is 12.1 Å². The Labute approximate surface area is 138 Å². The van der Waals surface area contributed by atoms with Crippen molar-refractivity contribution in [2.75, 3.05) is 13.2 Å². The summed E-state index contributed by atoms with van der Waals surface area (Å²) < 4.78 is 19.4. The number of nitrogens with one attached hydrogen (secondary N) is 2. The van der Waals surface area contributed by atoms with E-state index in [1.165, 1.54) is 12.1 Å². The fourth-order valence-corrected chi connectivity index (χ4v) is 2.66. The number of aromatic amines is 1. The molecule has 2 heterocycles.